The van der Waals surface area contributed by atoms with Gasteiger partial charge in [0.15, 0.2) is 11.5 Å². The zero-order chi connectivity index (χ0) is 25.1. The van der Waals surface area contributed by atoms with Gasteiger partial charge >= 0.3 is 6.03 Å². The molecule has 0 radical (unpaired) electrons. The van der Waals surface area contributed by atoms with Crippen molar-refractivity contribution in [3.8, 4) is 29.7 Å². The maximum atomic E-state index is 13.1. The molecule has 0 aliphatic carbocycles. The van der Waals surface area contributed by atoms with Crippen LogP contribution in [0.3, 0.4) is 0 Å². The first-order chi connectivity index (χ1) is 17.6. The molecular formula is C26H19N7O3. The molecule has 0 unspecified atom stereocenters. The van der Waals surface area contributed by atoms with Crippen LogP contribution in [0.25, 0.3) is 33.5 Å². The highest BCUT2D eigenvalue weighted by Crippen LogP contribution is 2.38. The van der Waals surface area contributed by atoms with Crippen LogP contribution in [0.5, 0.6) is 5.88 Å². The second-order valence-electron chi connectivity index (χ2n) is 7.71. The minimum Gasteiger partial charge on any atom is -0.493 e. The number of terminal acetylenes is 1. The fourth-order valence-corrected chi connectivity index (χ4v) is 3.89. The molecule has 0 saturated carbocycles. The van der Waals surface area contributed by atoms with Crippen molar-refractivity contribution in [1.29, 1.82) is 0 Å². The van der Waals surface area contributed by atoms with Crippen molar-refractivity contribution in [2.24, 2.45) is 10.2 Å². The van der Waals surface area contributed by atoms with Gasteiger partial charge in [0.2, 0.25) is 5.88 Å². The molecule has 10 nitrogen and oxygen atoms in total. The number of rotatable bonds is 5. The molecule has 0 atom stereocenters. The monoisotopic (exact) mass is 477 g/mol. The van der Waals surface area contributed by atoms with Crippen LogP contribution < -0.4 is 5.32 Å². The normalized spacial score (nSPS) is 11.2. The Morgan fingerprint density at radius 1 is 1.03 bits per heavy atom. The molecule has 0 spiro atoms. The van der Waals surface area contributed by atoms with Crippen molar-refractivity contribution in [2.45, 2.75) is 6.54 Å². The standard InChI is InChI=1S/C26H19N7O3/c1-2-15-32-20-12-5-3-9-17(20)23(25(32)35)31-30-22(34)16-28-26(36)33-21-13-6-4-10-18(21)29-24(33)19-11-7-8-14-27-19/h1,3-14,35H,15-16H2,(H,28,36). The van der Waals surface area contributed by atoms with Gasteiger partial charge in [0.05, 0.1) is 23.1 Å². The van der Waals surface area contributed by atoms with Gasteiger partial charge in [-0.2, -0.15) is 0 Å². The van der Waals surface area contributed by atoms with E-state index in [1.807, 2.05) is 6.07 Å². The van der Waals surface area contributed by atoms with Crippen molar-refractivity contribution in [2.75, 3.05) is 6.54 Å². The van der Waals surface area contributed by atoms with E-state index in [0.29, 0.717) is 33.5 Å². The summed E-state index contributed by atoms with van der Waals surface area (Å²) >= 11 is 0. The Morgan fingerprint density at radius 3 is 2.56 bits per heavy atom. The summed E-state index contributed by atoms with van der Waals surface area (Å²) in [5, 5.41) is 21.3. The Kier molecular flexibility index (Phi) is 5.95. The van der Waals surface area contributed by atoms with Crippen LogP contribution in [0.1, 0.15) is 0 Å². The number of imidazole rings is 1. The van der Waals surface area contributed by atoms with Crippen molar-refractivity contribution in [3.05, 3.63) is 72.9 Å². The Labute approximate surface area is 204 Å². The molecular weight excluding hydrogens is 458 g/mol. The summed E-state index contributed by atoms with van der Waals surface area (Å²) in [6.07, 6.45) is 7.01. The third-order valence-corrected chi connectivity index (χ3v) is 5.48. The molecule has 0 saturated heterocycles. The van der Waals surface area contributed by atoms with Gasteiger partial charge < -0.3 is 10.4 Å². The predicted octanol–water partition coefficient (Wildman–Crippen LogP) is 4.26. The summed E-state index contributed by atoms with van der Waals surface area (Å²) in [7, 11) is 0. The van der Waals surface area contributed by atoms with Gasteiger partial charge in [0, 0.05) is 11.6 Å². The minimum atomic E-state index is -0.708. The van der Waals surface area contributed by atoms with E-state index < -0.39 is 18.5 Å². The minimum absolute atomic E-state index is 0.124. The van der Waals surface area contributed by atoms with Gasteiger partial charge in [-0.05, 0) is 30.3 Å². The van der Waals surface area contributed by atoms with Gasteiger partial charge in [-0.15, -0.1) is 16.7 Å². The van der Waals surface area contributed by atoms with E-state index in [9.17, 15) is 14.7 Å². The SMILES string of the molecule is C#CCn1c(O)c(N=NC(=O)CNC(=O)n2c(-c3ccccn3)nc3ccccc32)c2ccccc21. The number of benzene rings is 2. The third kappa shape index (κ3) is 4.05. The second-order valence-corrected chi connectivity index (χ2v) is 7.71. The molecule has 0 aliphatic heterocycles. The molecule has 10 heteroatoms. The number of azo groups is 1. The van der Waals surface area contributed by atoms with Gasteiger partial charge in [0.1, 0.15) is 12.2 Å². The van der Waals surface area contributed by atoms with Crippen LogP contribution in [-0.2, 0) is 11.3 Å². The van der Waals surface area contributed by atoms with Crippen molar-refractivity contribution in [3.63, 3.8) is 0 Å². The number of aromatic nitrogens is 4. The summed E-state index contributed by atoms with van der Waals surface area (Å²) in [5.74, 6) is 1.91. The van der Waals surface area contributed by atoms with Gasteiger partial charge in [-0.3, -0.25) is 14.3 Å². The lowest BCUT2D eigenvalue weighted by atomic mass is 10.2. The van der Waals surface area contributed by atoms with E-state index in [1.165, 1.54) is 9.13 Å². The number of carbonyl (C=O) groups is 2. The molecule has 5 rings (SSSR count). The van der Waals surface area contributed by atoms with Gasteiger partial charge in [0.25, 0.3) is 5.91 Å². The molecule has 3 heterocycles. The number of aromatic hydroxyl groups is 1. The van der Waals surface area contributed by atoms with E-state index in [1.54, 1.807) is 66.9 Å². The summed E-state index contributed by atoms with van der Waals surface area (Å²) < 4.78 is 2.86. The zero-order valence-electron chi connectivity index (χ0n) is 18.9. The van der Waals surface area contributed by atoms with E-state index in [4.69, 9.17) is 6.42 Å². The van der Waals surface area contributed by atoms with Crippen LogP contribution in [0.15, 0.2) is 83.2 Å². The number of amides is 2. The van der Waals surface area contributed by atoms with Gasteiger partial charge in [-0.25, -0.2) is 14.3 Å². The number of pyridine rings is 1. The van der Waals surface area contributed by atoms with Gasteiger partial charge in [-0.1, -0.05) is 42.3 Å². The highest BCUT2D eigenvalue weighted by atomic mass is 16.3. The summed E-state index contributed by atoms with van der Waals surface area (Å²) in [6.45, 7) is -0.288. The lowest BCUT2D eigenvalue weighted by molar-refractivity contribution is -0.117. The average molecular weight is 477 g/mol. The summed E-state index contributed by atoms with van der Waals surface area (Å²) in [5.41, 5.74) is 2.47. The lowest BCUT2D eigenvalue weighted by Gasteiger charge is -2.08. The topological polar surface area (TPSA) is 127 Å². The molecule has 5 aromatic rings. The maximum absolute atomic E-state index is 13.1. The van der Waals surface area contributed by atoms with Crippen molar-refractivity contribution >= 4 is 39.6 Å². The Morgan fingerprint density at radius 2 is 1.78 bits per heavy atom. The molecule has 2 amide bonds. The quantitative estimate of drug-likeness (QED) is 0.289. The summed E-state index contributed by atoms with van der Waals surface area (Å²) in [6, 6.07) is 19.0. The Bertz CT molecular complexity index is 1680. The maximum Gasteiger partial charge on any atom is 0.328 e. The van der Waals surface area contributed by atoms with Crippen LogP contribution in [0.2, 0.25) is 0 Å². The third-order valence-electron chi connectivity index (χ3n) is 5.48. The zero-order valence-corrected chi connectivity index (χ0v) is 18.9. The predicted molar refractivity (Wildman–Crippen MR) is 134 cm³/mol. The van der Waals surface area contributed by atoms with E-state index in [0.717, 1.165) is 0 Å². The lowest BCUT2D eigenvalue weighted by Crippen LogP contribution is -2.32. The molecule has 2 N–H and O–H groups in total. The number of fused-ring (bicyclic) bond motifs is 2. The highest BCUT2D eigenvalue weighted by molar-refractivity contribution is 5.96. The fourth-order valence-electron chi connectivity index (χ4n) is 3.89. The molecule has 3 aromatic heterocycles. The van der Waals surface area contributed by atoms with Crippen LogP contribution in [-0.4, -0.2) is 42.7 Å². The Balaban J connectivity index is 1.38. The largest absolute Gasteiger partial charge is 0.493 e. The van der Waals surface area contributed by atoms with Crippen LogP contribution in [0.4, 0.5) is 10.5 Å². The number of hydrogen-bond acceptors (Lipinski definition) is 6. The average Bonchev–Trinajstić information content (AvgIpc) is 3.42. The number of hydrogen-bond donors (Lipinski definition) is 2. The first-order valence-electron chi connectivity index (χ1n) is 10.9. The highest BCUT2D eigenvalue weighted by Gasteiger charge is 2.20. The number of carbonyl (C=O) groups excluding carboxylic acids is 2. The van der Waals surface area contributed by atoms with Crippen LogP contribution >= 0.6 is 0 Å². The van der Waals surface area contributed by atoms with E-state index in [2.05, 4.69) is 31.4 Å². The van der Waals surface area contributed by atoms with E-state index in [-0.39, 0.29) is 18.1 Å². The second kappa shape index (κ2) is 9.52. The first kappa shape index (κ1) is 22.5. The summed E-state index contributed by atoms with van der Waals surface area (Å²) in [4.78, 5) is 34.4. The Hall–Kier alpha value is -5.30. The van der Waals surface area contributed by atoms with Crippen molar-refractivity contribution in [1.82, 2.24) is 24.4 Å². The number of nitrogens with one attached hydrogen (secondary N) is 1. The smallest absolute Gasteiger partial charge is 0.328 e. The first-order valence-corrected chi connectivity index (χ1v) is 10.9. The molecule has 0 bridgehead atoms. The van der Waals surface area contributed by atoms with E-state index >= 15 is 0 Å². The molecule has 0 fully saturated rings. The fraction of sp³-hybridized carbons (Fsp3) is 0.0769. The van der Waals surface area contributed by atoms with Crippen molar-refractivity contribution < 1.29 is 14.7 Å². The number of para-hydroxylation sites is 3. The molecule has 0 aliphatic rings. The van der Waals surface area contributed by atoms with Crippen LogP contribution in [0, 0.1) is 12.3 Å². The number of nitrogens with zero attached hydrogens (tertiary/aromatic N) is 6. The molecule has 2 aromatic carbocycles. The molecule has 36 heavy (non-hydrogen) atoms. The molecule has 176 valence electrons.